The van der Waals surface area contributed by atoms with Gasteiger partial charge in [-0.25, -0.2) is 4.68 Å². The van der Waals surface area contributed by atoms with Crippen LogP contribution in [0.15, 0.2) is 67.0 Å². The van der Waals surface area contributed by atoms with Gasteiger partial charge in [-0.3, -0.25) is 4.79 Å². The first-order valence-corrected chi connectivity index (χ1v) is 8.13. The Morgan fingerprint density at radius 1 is 1.12 bits per heavy atom. The van der Waals surface area contributed by atoms with Crippen molar-refractivity contribution in [2.24, 2.45) is 0 Å². The van der Waals surface area contributed by atoms with Crippen molar-refractivity contribution in [1.29, 1.82) is 0 Å². The second-order valence-electron chi connectivity index (χ2n) is 6.49. The Morgan fingerprint density at radius 2 is 1.80 bits per heavy atom. The highest BCUT2D eigenvalue weighted by Gasteiger charge is 2.29. The van der Waals surface area contributed by atoms with E-state index in [1.165, 1.54) is 0 Å². The molecule has 0 unspecified atom stereocenters. The summed E-state index contributed by atoms with van der Waals surface area (Å²) in [5, 5.41) is 17.0. The zero-order chi connectivity index (χ0) is 17.9. The fraction of sp³-hybridized carbons (Fsp3) is 0.200. The lowest BCUT2D eigenvalue weighted by Crippen LogP contribution is -2.28. The number of nitrogens with zero attached hydrogens (tertiary/aromatic N) is 2. The van der Waals surface area contributed by atoms with E-state index in [1.807, 2.05) is 71.7 Å². The van der Waals surface area contributed by atoms with Gasteiger partial charge in [0.2, 0.25) is 0 Å². The number of carbonyl (C=O) groups is 1. The number of carboxylic acid groups (broad SMARTS) is 1. The summed E-state index contributed by atoms with van der Waals surface area (Å²) in [6.07, 6.45) is 3.83. The summed E-state index contributed by atoms with van der Waals surface area (Å²) in [6, 6.07) is 17.5. The molecule has 3 aromatic rings. The molecular formula is C20H21N3O2. The van der Waals surface area contributed by atoms with Gasteiger partial charge in [-0.2, -0.15) is 5.10 Å². The third-order valence-electron chi connectivity index (χ3n) is 4.29. The van der Waals surface area contributed by atoms with E-state index in [4.69, 9.17) is 0 Å². The summed E-state index contributed by atoms with van der Waals surface area (Å²) in [5.74, 6) is -0.832. The van der Waals surface area contributed by atoms with Crippen LogP contribution in [-0.2, 0) is 16.8 Å². The number of benzene rings is 2. The summed E-state index contributed by atoms with van der Waals surface area (Å²) in [5.41, 5.74) is 2.92. The molecule has 128 valence electrons. The van der Waals surface area contributed by atoms with Crippen molar-refractivity contribution in [3.63, 3.8) is 0 Å². The zero-order valence-electron chi connectivity index (χ0n) is 14.3. The highest BCUT2D eigenvalue weighted by molar-refractivity contribution is 5.80. The smallest absolute Gasteiger partial charge is 0.313 e. The number of para-hydroxylation sites is 1. The SMILES string of the molecule is CC(C)(C(=O)O)c1ccc(NCc2cnn(-c3ccccc3)c2)cc1. The maximum atomic E-state index is 11.3. The molecule has 2 N–H and O–H groups in total. The number of hydrogen-bond donors (Lipinski definition) is 2. The van der Waals surface area contributed by atoms with Gasteiger partial charge in [-0.1, -0.05) is 30.3 Å². The summed E-state index contributed by atoms with van der Waals surface area (Å²) in [7, 11) is 0. The monoisotopic (exact) mass is 335 g/mol. The second kappa shape index (κ2) is 6.81. The Bertz CT molecular complexity index is 852. The number of hydrogen-bond acceptors (Lipinski definition) is 3. The van der Waals surface area contributed by atoms with Gasteiger partial charge >= 0.3 is 5.97 Å². The van der Waals surface area contributed by atoms with Crippen molar-refractivity contribution in [1.82, 2.24) is 9.78 Å². The molecule has 5 nitrogen and oxygen atoms in total. The molecule has 0 saturated carbocycles. The van der Waals surface area contributed by atoms with E-state index in [0.29, 0.717) is 6.54 Å². The van der Waals surface area contributed by atoms with E-state index in [1.54, 1.807) is 13.8 Å². The highest BCUT2D eigenvalue weighted by Crippen LogP contribution is 2.25. The van der Waals surface area contributed by atoms with E-state index in [-0.39, 0.29) is 0 Å². The molecule has 0 aliphatic rings. The van der Waals surface area contributed by atoms with Gasteiger partial charge in [0.05, 0.1) is 17.3 Å². The lowest BCUT2D eigenvalue weighted by Gasteiger charge is -2.20. The molecular weight excluding hydrogens is 314 g/mol. The molecule has 25 heavy (non-hydrogen) atoms. The van der Waals surface area contributed by atoms with Crippen LogP contribution in [0.3, 0.4) is 0 Å². The fourth-order valence-electron chi connectivity index (χ4n) is 2.51. The molecule has 0 amide bonds. The predicted octanol–water partition coefficient (Wildman–Crippen LogP) is 3.85. The van der Waals surface area contributed by atoms with E-state index < -0.39 is 11.4 Å². The third-order valence-corrected chi connectivity index (χ3v) is 4.29. The van der Waals surface area contributed by atoms with E-state index in [2.05, 4.69) is 10.4 Å². The topological polar surface area (TPSA) is 67.2 Å². The minimum Gasteiger partial charge on any atom is -0.481 e. The molecule has 0 aliphatic heterocycles. The van der Waals surface area contributed by atoms with Gasteiger partial charge in [0.15, 0.2) is 0 Å². The number of anilines is 1. The van der Waals surface area contributed by atoms with Crippen LogP contribution >= 0.6 is 0 Å². The molecule has 1 aromatic heterocycles. The maximum absolute atomic E-state index is 11.3. The molecule has 2 aromatic carbocycles. The van der Waals surface area contributed by atoms with Crippen molar-refractivity contribution in [2.45, 2.75) is 25.8 Å². The number of rotatable bonds is 6. The third kappa shape index (κ3) is 3.71. The largest absolute Gasteiger partial charge is 0.481 e. The summed E-state index contributed by atoms with van der Waals surface area (Å²) < 4.78 is 1.84. The Morgan fingerprint density at radius 3 is 2.44 bits per heavy atom. The van der Waals surface area contributed by atoms with Crippen molar-refractivity contribution < 1.29 is 9.90 Å². The Kier molecular flexibility index (Phi) is 4.57. The van der Waals surface area contributed by atoms with Gasteiger partial charge in [0.1, 0.15) is 0 Å². The molecule has 0 saturated heterocycles. The van der Waals surface area contributed by atoms with Crippen molar-refractivity contribution in [3.8, 4) is 5.69 Å². The number of aliphatic carboxylic acids is 1. The first-order chi connectivity index (χ1) is 12.0. The van der Waals surface area contributed by atoms with Crippen LogP contribution in [0.2, 0.25) is 0 Å². The summed E-state index contributed by atoms with van der Waals surface area (Å²) in [4.78, 5) is 11.3. The van der Waals surface area contributed by atoms with Gasteiger partial charge in [0, 0.05) is 24.0 Å². The molecule has 5 heteroatoms. The van der Waals surface area contributed by atoms with Crippen LogP contribution in [0.1, 0.15) is 25.0 Å². The molecule has 0 radical (unpaired) electrons. The number of carboxylic acids is 1. The van der Waals surface area contributed by atoms with Crippen LogP contribution in [0.4, 0.5) is 5.69 Å². The predicted molar refractivity (Wildman–Crippen MR) is 98.0 cm³/mol. The van der Waals surface area contributed by atoms with Crippen molar-refractivity contribution >= 4 is 11.7 Å². The Balaban J connectivity index is 1.65. The summed E-state index contributed by atoms with van der Waals surface area (Å²) in [6.45, 7) is 4.06. The molecule has 0 aliphatic carbocycles. The molecule has 0 fully saturated rings. The number of aromatic nitrogens is 2. The van der Waals surface area contributed by atoms with Crippen LogP contribution in [0, 0.1) is 0 Å². The molecule has 0 spiro atoms. The van der Waals surface area contributed by atoms with Crippen molar-refractivity contribution in [2.75, 3.05) is 5.32 Å². The normalized spacial score (nSPS) is 11.3. The van der Waals surface area contributed by atoms with E-state index in [9.17, 15) is 9.90 Å². The first-order valence-electron chi connectivity index (χ1n) is 8.13. The van der Waals surface area contributed by atoms with E-state index in [0.717, 1.165) is 22.5 Å². The molecule has 3 rings (SSSR count). The van der Waals surface area contributed by atoms with Crippen LogP contribution < -0.4 is 5.32 Å². The molecule has 1 heterocycles. The molecule has 0 atom stereocenters. The van der Waals surface area contributed by atoms with Crippen LogP contribution in [-0.4, -0.2) is 20.9 Å². The van der Waals surface area contributed by atoms with Crippen molar-refractivity contribution in [3.05, 3.63) is 78.1 Å². The minimum atomic E-state index is -0.893. The average molecular weight is 335 g/mol. The van der Waals surface area contributed by atoms with Gasteiger partial charge < -0.3 is 10.4 Å². The van der Waals surface area contributed by atoms with E-state index >= 15 is 0 Å². The van der Waals surface area contributed by atoms with Gasteiger partial charge in [-0.15, -0.1) is 0 Å². The fourth-order valence-corrected chi connectivity index (χ4v) is 2.51. The molecule has 0 bridgehead atoms. The maximum Gasteiger partial charge on any atom is 0.313 e. The zero-order valence-corrected chi connectivity index (χ0v) is 14.3. The second-order valence-corrected chi connectivity index (χ2v) is 6.49. The average Bonchev–Trinajstić information content (AvgIpc) is 3.10. The standard InChI is InChI=1S/C20H21N3O2/c1-20(2,19(24)25)16-8-10-17(11-9-16)21-12-15-13-22-23(14-15)18-6-4-3-5-7-18/h3-11,13-14,21H,12H2,1-2H3,(H,24,25). The van der Waals surface area contributed by atoms with Crippen LogP contribution in [0.25, 0.3) is 5.69 Å². The Labute approximate surface area is 146 Å². The quantitative estimate of drug-likeness (QED) is 0.718. The first kappa shape index (κ1) is 16.8. The highest BCUT2D eigenvalue weighted by atomic mass is 16.4. The minimum absolute atomic E-state index is 0.647. The lowest BCUT2D eigenvalue weighted by molar-refractivity contribution is -0.142. The Hall–Kier alpha value is -3.08. The van der Waals surface area contributed by atoms with Gasteiger partial charge in [0.25, 0.3) is 0 Å². The lowest BCUT2D eigenvalue weighted by atomic mass is 9.85. The number of nitrogens with one attached hydrogen (secondary N) is 1. The van der Waals surface area contributed by atoms with Gasteiger partial charge in [-0.05, 0) is 43.7 Å². The summed E-state index contributed by atoms with van der Waals surface area (Å²) >= 11 is 0. The van der Waals surface area contributed by atoms with Crippen LogP contribution in [0.5, 0.6) is 0 Å².